The minimum Gasteiger partial charge on any atom is -0.457 e. The molecular formula is C36H39N9O5. The van der Waals surface area contributed by atoms with E-state index in [1.54, 1.807) is 28.9 Å². The molecule has 3 aromatic carbocycles. The number of rotatable bonds is 11. The lowest BCUT2D eigenvalue weighted by molar-refractivity contribution is -0.120. The zero-order valence-corrected chi connectivity index (χ0v) is 27.9. The third kappa shape index (κ3) is 8.92. The molecular weight excluding hydrogens is 638 g/mol. The van der Waals surface area contributed by atoms with Crippen LogP contribution in [0.25, 0.3) is 16.5 Å². The summed E-state index contributed by atoms with van der Waals surface area (Å²) in [6.45, 7) is 7.99. The molecule has 0 bridgehead atoms. The molecule has 14 heteroatoms. The van der Waals surface area contributed by atoms with Crippen LogP contribution < -0.4 is 31.3 Å². The van der Waals surface area contributed by atoms with Crippen LogP contribution in [0.4, 0.5) is 26.9 Å². The quantitative estimate of drug-likeness (QED) is 0.130. The Morgan fingerprint density at radius 2 is 1.62 bits per heavy atom. The molecule has 1 aliphatic heterocycles. The van der Waals surface area contributed by atoms with Gasteiger partial charge in [0, 0.05) is 55.3 Å². The minimum atomic E-state index is -0.575. The predicted molar refractivity (Wildman–Crippen MR) is 191 cm³/mol. The molecule has 0 unspecified atom stereocenters. The minimum absolute atomic E-state index is 0.175. The highest BCUT2D eigenvalue weighted by Gasteiger charge is 2.15. The fourth-order valence-corrected chi connectivity index (χ4v) is 5.44. The Labute approximate surface area is 289 Å². The molecule has 6 rings (SSSR count). The first kappa shape index (κ1) is 33.9. The summed E-state index contributed by atoms with van der Waals surface area (Å²) < 4.78 is 13.2. The number of aromatic nitrogens is 3. The summed E-state index contributed by atoms with van der Waals surface area (Å²) in [5, 5.41) is 19.9. The Balaban J connectivity index is 1.05. The number of ether oxygens (including phenoxy) is 2. The highest BCUT2D eigenvalue weighted by molar-refractivity contribution is 6.07. The van der Waals surface area contributed by atoms with Crippen LogP contribution in [-0.2, 0) is 9.53 Å². The molecule has 2 aromatic heterocycles. The number of urea groups is 2. The Morgan fingerprint density at radius 3 is 2.42 bits per heavy atom. The maximum absolute atomic E-state index is 13.2. The molecule has 3 heterocycles. The first-order chi connectivity index (χ1) is 24.3. The molecule has 1 saturated heterocycles. The summed E-state index contributed by atoms with van der Waals surface area (Å²) in [4.78, 5) is 44.3. The first-order valence-corrected chi connectivity index (χ1v) is 16.3. The molecule has 0 saturated carbocycles. The molecule has 5 aromatic rings. The molecule has 0 atom stereocenters. The third-order valence-corrected chi connectivity index (χ3v) is 7.95. The normalized spacial score (nSPS) is 13.0. The van der Waals surface area contributed by atoms with E-state index in [0.717, 1.165) is 47.4 Å². The molecule has 14 nitrogen and oxygen atoms in total. The molecule has 1 aliphatic rings. The zero-order chi connectivity index (χ0) is 34.9. The van der Waals surface area contributed by atoms with Gasteiger partial charge in [-0.05, 0) is 44.2 Å². The lowest BCUT2D eigenvalue weighted by Crippen LogP contribution is -2.44. The maximum Gasteiger partial charge on any atom is 0.324 e. The smallest absolute Gasteiger partial charge is 0.324 e. The van der Waals surface area contributed by atoms with Crippen LogP contribution in [0.3, 0.4) is 0 Å². The van der Waals surface area contributed by atoms with E-state index >= 15 is 0 Å². The van der Waals surface area contributed by atoms with E-state index in [2.05, 4.69) is 41.6 Å². The average Bonchev–Trinajstić information content (AvgIpc) is 3.48. The Kier molecular flexibility index (Phi) is 10.8. The monoisotopic (exact) mass is 677 g/mol. The van der Waals surface area contributed by atoms with E-state index in [-0.39, 0.29) is 18.3 Å². The second kappa shape index (κ2) is 15.9. The van der Waals surface area contributed by atoms with Gasteiger partial charge in [0.2, 0.25) is 5.91 Å². The summed E-state index contributed by atoms with van der Waals surface area (Å²) in [5.41, 5.74) is 3.31. The number of carbonyl (C=O) groups is 3. The Morgan fingerprint density at radius 1 is 0.840 bits per heavy atom. The van der Waals surface area contributed by atoms with Gasteiger partial charge < -0.3 is 25.4 Å². The first-order valence-electron chi connectivity index (χ1n) is 16.3. The zero-order valence-electron chi connectivity index (χ0n) is 27.9. The van der Waals surface area contributed by atoms with Gasteiger partial charge in [0.1, 0.15) is 23.1 Å². The number of benzene rings is 3. The van der Waals surface area contributed by atoms with Crippen molar-refractivity contribution in [2.45, 2.75) is 13.8 Å². The number of nitrogens with zero attached hydrogens (tertiary/aromatic N) is 4. The van der Waals surface area contributed by atoms with Crippen LogP contribution in [0.5, 0.6) is 11.5 Å². The van der Waals surface area contributed by atoms with Crippen molar-refractivity contribution < 1.29 is 23.9 Å². The van der Waals surface area contributed by atoms with E-state index in [9.17, 15) is 14.4 Å². The van der Waals surface area contributed by atoms with Crippen molar-refractivity contribution in [1.82, 2.24) is 30.3 Å². The van der Waals surface area contributed by atoms with Gasteiger partial charge in [0.15, 0.2) is 0 Å². The van der Waals surface area contributed by atoms with Crippen LogP contribution in [0.1, 0.15) is 11.3 Å². The van der Waals surface area contributed by atoms with Crippen molar-refractivity contribution in [2.24, 2.45) is 0 Å². The van der Waals surface area contributed by atoms with E-state index in [1.807, 2.05) is 68.4 Å². The molecule has 0 radical (unpaired) electrons. The van der Waals surface area contributed by atoms with Crippen molar-refractivity contribution in [2.75, 3.05) is 61.9 Å². The summed E-state index contributed by atoms with van der Waals surface area (Å²) in [6, 6.07) is 23.0. The van der Waals surface area contributed by atoms with Crippen molar-refractivity contribution >= 4 is 46.1 Å². The molecule has 50 heavy (non-hydrogen) atoms. The van der Waals surface area contributed by atoms with E-state index in [1.165, 1.54) is 6.20 Å². The van der Waals surface area contributed by atoms with Crippen LogP contribution in [0.2, 0.25) is 0 Å². The standard InChI is InChI=1S/C36H39N9O5/c1-24-7-9-26(10-8-24)45-33(21-25(2)43-45)42-36(48)40-30-11-12-31(29-6-4-3-5-28(29)30)50-27-13-14-37-32(22-27)41-35(47)39-23-34(46)38-15-16-44-17-19-49-20-18-44/h3-14,21-22H,15-20,23H2,1-2H3,(H,38,46)(H2,40,42,48)(H2,37,39,41,47). The van der Waals surface area contributed by atoms with E-state index in [0.29, 0.717) is 42.8 Å². The van der Waals surface area contributed by atoms with Crippen molar-refractivity contribution in [3.05, 3.63) is 96.3 Å². The van der Waals surface area contributed by atoms with E-state index in [4.69, 9.17) is 9.47 Å². The van der Waals surface area contributed by atoms with E-state index < -0.39 is 12.1 Å². The van der Waals surface area contributed by atoms with Crippen LogP contribution in [0.15, 0.2) is 85.1 Å². The number of anilines is 3. The van der Waals surface area contributed by atoms with Gasteiger partial charge in [-0.2, -0.15) is 5.10 Å². The van der Waals surface area contributed by atoms with Crippen LogP contribution >= 0.6 is 0 Å². The molecule has 0 aliphatic carbocycles. The SMILES string of the molecule is Cc1ccc(-n2nc(C)cc2NC(=O)Nc2ccc(Oc3ccnc(NC(=O)NCC(=O)NCCN4CCOCC4)c3)c3ccccc23)cc1. The summed E-state index contributed by atoms with van der Waals surface area (Å²) in [7, 11) is 0. The summed E-state index contributed by atoms with van der Waals surface area (Å²) >= 11 is 0. The molecule has 1 fully saturated rings. The van der Waals surface area contributed by atoms with Gasteiger partial charge >= 0.3 is 12.1 Å². The van der Waals surface area contributed by atoms with Crippen molar-refractivity contribution in [3.8, 4) is 17.2 Å². The van der Waals surface area contributed by atoms with Gasteiger partial charge in [-0.1, -0.05) is 42.0 Å². The number of morpholine rings is 1. The van der Waals surface area contributed by atoms with Crippen LogP contribution in [0, 0.1) is 13.8 Å². The topological polar surface area (TPSA) is 164 Å². The number of pyridine rings is 1. The number of nitrogens with one attached hydrogen (secondary N) is 5. The van der Waals surface area contributed by atoms with Gasteiger partial charge in [0.05, 0.1) is 36.8 Å². The van der Waals surface area contributed by atoms with Gasteiger partial charge in [-0.3, -0.25) is 20.3 Å². The van der Waals surface area contributed by atoms with Crippen molar-refractivity contribution in [3.63, 3.8) is 0 Å². The number of amides is 5. The lowest BCUT2D eigenvalue weighted by atomic mass is 10.1. The average molecular weight is 678 g/mol. The molecule has 0 spiro atoms. The number of hydrogen-bond donors (Lipinski definition) is 5. The van der Waals surface area contributed by atoms with Crippen LogP contribution in [-0.4, -0.2) is 83.6 Å². The summed E-state index contributed by atoms with van der Waals surface area (Å²) in [5.74, 6) is 1.46. The van der Waals surface area contributed by atoms with Crippen molar-refractivity contribution in [1.29, 1.82) is 0 Å². The third-order valence-electron chi connectivity index (χ3n) is 7.95. The maximum atomic E-state index is 13.2. The second-order valence-corrected chi connectivity index (χ2v) is 11.7. The highest BCUT2D eigenvalue weighted by Crippen LogP contribution is 2.35. The predicted octanol–water partition coefficient (Wildman–Crippen LogP) is 5.04. The number of carbonyl (C=O) groups excluding carboxylic acids is 3. The second-order valence-electron chi connectivity index (χ2n) is 11.7. The molecule has 258 valence electrons. The number of fused-ring (bicyclic) bond motifs is 1. The van der Waals surface area contributed by atoms with Gasteiger partial charge in [0.25, 0.3) is 0 Å². The fourth-order valence-electron chi connectivity index (χ4n) is 5.44. The highest BCUT2D eigenvalue weighted by atomic mass is 16.5. The van der Waals surface area contributed by atoms with Gasteiger partial charge in [-0.15, -0.1) is 0 Å². The molecule has 5 N–H and O–H groups in total. The van der Waals surface area contributed by atoms with Gasteiger partial charge in [-0.25, -0.2) is 19.3 Å². The lowest BCUT2D eigenvalue weighted by Gasteiger charge is -2.26. The largest absolute Gasteiger partial charge is 0.457 e. The fraction of sp³-hybridized carbons (Fsp3) is 0.250. The summed E-state index contributed by atoms with van der Waals surface area (Å²) in [6.07, 6.45) is 1.51. The molecule has 5 amide bonds. The number of aryl methyl sites for hydroxylation is 2. The number of hydrogen-bond acceptors (Lipinski definition) is 8. The Hall–Kier alpha value is -5.99. The Bertz CT molecular complexity index is 1970.